The number of carbonyl (C=O) groups is 2. The van der Waals surface area contributed by atoms with E-state index in [0.29, 0.717) is 17.0 Å². The minimum Gasteiger partial charge on any atom is -0.465 e. The van der Waals surface area contributed by atoms with E-state index in [-0.39, 0.29) is 11.8 Å². The molecule has 1 rings (SSSR count). The fourth-order valence-electron chi connectivity index (χ4n) is 1.57. The van der Waals surface area contributed by atoms with Crippen LogP contribution in [0, 0.1) is 6.92 Å². The van der Waals surface area contributed by atoms with E-state index in [1.807, 2.05) is 13.8 Å². The summed E-state index contributed by atoms with van der Waals surface area (Å²) >= 11 is 6.79. The van der Waals surface area contributed by atoms with E-state index in [1.165, 1.54) is 18.4 Å². The monoisotopic (exact) mass is 275 g/mol. The van der Waals surface area contributed by atoms with Crippen molar-refractivity contribution in [1.82, 2.24) is 0 Å². The molecule has 1 heterocycles. The Kier molecular flexibility index (Phi) is 4.96. The summed E-state index contributed by atoms with van der Waals surface area (Å²) in [7, 11) is 1.32. The molecule has 0 aromatic carbocycles. The summed E-state index contributed by atoms with van der Waals surface area (Å²) in [5, 5.41) is 3.13. The Hall–Kier alpha value is -1.07. The minimum atomic E-state index is -0.434. The summed E-state index contributed by atoms with van der Waals surface area (Å²) in [5.74, 6) is -0.907. The molecule has 0 bridgehead atoms. The third-order valence-corrected chi connectivity index (χ3v) is 3.63. The second-order valence-electron chi connectivity index (χ2n) is 3.37. The Morgan fingerprint density at radius 1 is 1.47 bits per heavy atom. The van der Waals surface area contributed by atoms with Gasteiger partial charge in [0.05, 0.1) is 12.7 Å². The predicted octanol–water partition coefficient (Wildman–Crippen LogP) is 2.58. The van der Waals surface area contributed by atoms with E-state index in [1.54, 1.807) is 0 Å². The molecule has 17 heavy (non-hydrogen) atoms. The molecule has 1 amide bonds. The highest BCUT2D eigenvalue weighted by atomic mass is 35.5. The molecule has 0 radical (unpaired) electrons. The highest BCUT2D eigenvalue weighted by molar-refractivity contribution is 7.16. The number of esters is 1. The molecule has 0 aliphatic rings. The second kappa shape index (κ2) is 6.02. The molecule has 0 atom stereocenters. The summed E-state index contributed by atoms with van der Waals surface area (Å²) in [4.78, 5) is 24.0. The number of aryl methyl sites for hydroxylation is 1. The van der Waals surface area contributed by atoms with E-state index in [4.69, 9.17) is 16.3 Å². The van der Waals surface area contributed by atoms with Gasteiger partial charge in [-0.25, -0.2) is 4.79 Å². The molecule has 1 aromatic rings. The molecule has 0 unspecified atom stereocenters. The van der Waals surface area contributed by atoms with E-state index >= 15 is 0 Å². The van der Waals surface area contributed by atoms with Crippen LogP contribution >= 0.6 is 22.9 Å². The predicted molar refractivity (Wildman–Crippen MR) is 69.1 cm³/mol. The largest absolute Gasteiger partial charge is 0.465 e. The van der Waals surface area contributed by atoms with Crippen LogP contribution in [-0.2, 0) is 16.0 Å². The molecule has 0 aliphatic carbocycles. The topological polar surface area (TPSA) is 55.4 Å². The zero-order chi connectivity index (χ0) is 13.0. The van der Waals surface area contributed by atoms with Crippen LogP contribution < -0.4 is 5.32 Å². The van der Waals surface area contributed by atoms with Crippen molar-refractivity contribution in [1.29, 1.82) is 0 Å². The molecule has 1 N–H and O–H groups in total. The number of amides is 1. The summed E-state index contributed by atoms with van der Waals surface area (Å²) < 4.78 is 4.73. The van der Waals surface area contributed by atoms with Gasteiger partial charge >= 0.3 is 5.97 Å². The maximum atomic E-state index is 11.7. The van der Waals surface area contributed by atoms with Crippen LogP contribution in [0.2, 0.25) is 0 Å². The molecule has 0 spiro atoms. The minimum absolute atomic E-state index is 0.140. The first kappa shape index (κ1) is 14.0. The summed E-state index contributed by atoms with van der Waals surface area (Å²) in [6.45, 7) is 3.86. The van der Waals surface area contributed by atoms with Crippen molar-refractivity contribution in [3.8, 4) is 0 Å². The summed E-state index contributed by atoms with van der Waals surface area (Å²) in [6, 6.07) is 0. The first-order valence-corrected chi connectivity index (χ1v) is 6.46. The van der Waals surface area contributed by atoms with E-state index < -0.39 is 5.97 Å². The standard InChI is InChI=1S/C11H14ClNO3S/c1-4-7-6(2)17-10(13-8(14)5-12)9(7)11(15)16-3/h4-5H2,1-3H3,(H,13,14). The van der Waals surface area contributed by atoms with Gasteiger partial charge in [-0.05, 0) is 18.9 Å². The number of hydrogen-bond acceptors (Lipinski definition) is 4. The van der Waals surface area contributed by atoms with Crippen molar-refractivity contribution in [2.24, 2.45) is 0 Å². The number of ether oxygens (including phenoxy) is 1. The average molecular weight is 276 g/mol. The van der Waals surface area contributed by atoms with E-state index in [9.17, 15) is 9.59 Å². The van der Waals surface area contributed by atoms with Gasteiger partial charge in [0.15, 0.2) is 0 Å². The Bertz CT molecular complexity index is 442. The highest BCUT2D eigenvalue weighted by Gasteiger charge is 2.22. The molecule has 6 heteroatoms. The smallest absolute Gasteiger partial charge is 0.341 e. The zero-order valence-corrected chi connectivity index (χ0v) is 11.5. The lowest BCUT2D eigenvalue weighted by Crippen LogP contribution is -2.15. The van der Waals surface area contributed by atoms with E-state index in [0.717, 1.165) is 10.4 Å². The van der Waals surface area contributed by atoms with Gasteiger partial charge in [0.25, 0.3) is 0 Å². The average Bonchev–Trinajstić information content (AvgIpc) is 2.63. The fourth-order valence-corrected chi connectivity index (χ4v) is 2.79. The fraction of sp³-hybridized carbons (Fsp3) is 0.455. The number of hydrogen-bond donors (Lipinski definition) is 1. The SMILES string of the molecule is CCc1c(C)sc(NC(=O)CCl)c1C(=O)OC. The lowest BCUT2D eigenvalue weighted by Gasteiger charge is -2.05. The van der Waals surface area contributed by atoms with E-state index in [2.05, 4.69) is 5.32 Å². The van der Waals surface area contributed by atoms with Crippen LogP contribution in [0.5, 0.6) is 0 Å². The number of nitrogens with one attached hydrogen (secondary N) is 1. The molecule has 0 saturated carbocycles. The Morgan fingerprint density at radius 3 is 2.59 bits per heavy atom. The number of carbonyl (C=O) groups excluding carboxylic acids is 2. The third kappa shape index (κ3) is 2.98. The molecular weight excluding hydrogens is 262 g/mol. The van der Waals surface area contributed by atoms with Gasteiger partial charge in [0, 0.05) is 4.88 Å². The van der Waals surface area contributed by atoms with Crippen molar-refractivity contribution in [3.63, 3.8) is 0 Å². The molecule has 0 saturated heterocycles. The van der Waals surface area contributed by atoms with Gasteiger partial charge in [-0.2, -0.15) is 0 Å². The van der Waals surface area contributed by atoms with Gasteiger partial charge in [-0.3, -0.25) is 4.79 Å². The molecule has 0 fully saturated rings. The van der Waals surface area contributed by atoms with Crippen LogP contribution in [0.15, 0.2) is 0 Å². The van der Waals surface area contributed by atoms with Crippen LogP contribution in [0.1, 0.15) is 27.7 Å². The number of rotatable bonds is 4. The van der Waals surface area contributed by atoms with Gasteiger partial charge in [-0.1, -0.05) is 6.92 Å². The lowest BCUT2D eigenvalue weighted by atomic mass is 10.1. The Labute approximate surface area is 109 Å². The zero-order valence-electron chi connectivity index (χ0n) is 9.93. The Balaban J connectivity index is 3.20. The summed E-state index contributed by atoms with van der Waals surface area (Å²) in [6.07, 6.45) is 0.712. The van der Waals surface area contributed by atoms with Gasteiger partial charge in [0.2, 0.25) is 5.91 Å². The first-order valence-electron chi connectivity index (χ1n) is 5.11. The maximum absolute atomic E-state index is 11.7. The Morgan fingerprint density at radius 2 is 2.12 bits per heavy atom. The number of halogens is 1. The van der Waals surface area contributed by atoms with Gasteiger partial charge in [0.1, 0.15) is 10.9 Å². The van der Waals surface area contributed by atoms with Crippen molar-refractivity contribution in [2.45, 2.75) is 20.3 Å². The van der Waals surface area contributed by atoms with Crippen LogP contribution in [0.25, 0.3) is 0 Å². The van der Waals surface area contributed by atoms with Crippen molar-refractivity contribution < 1.29 is 14.3 Å². The second-order valence-corrected chi connectivity index (χ2v) is 4.86. The van der Waals surface area contributed by atoms with Gasteiger partial charge in [-0.15, -0.1) is 22.9 Å². The van der Waals surface area contributed by atoms with Crippen LogP contribution in [0.3, 0.4) is 0 Å². The first-order chi connectivity index (χ1) is 8.04. The molecule has 1 aromatic heterocycles. The lowest BCUT2D eigenvalue weighted by molar-refractivity contribution is -0.113. The van der Waals surface area contributed by atoms with Crippen molar-refractivity contribution >= 4 is 39.8 Å². The molecule has 0 aliphatic heterocycles. The summed E-state index contributed by atoms with van der Waals surface area (Å²) in [5.41, 5.74) is 1.35. The quantitative estimate of drug-likeness (QED) is 0.679. The molecule has 4 nitrogen and oxygen atoms in total. The highest BCUT2D eigenvalue weighted by Crippen LogP contribution is 2.33. The number of methoxy groups -OCH3 is 1. The van der Waals surface area contributed by atoms with Crippen LogP contribution in [-0.4, -0.2) is 24.9 Å². The molecule has 94 valence electrons. The van der Waals surface area contributed by atoms with Crippen molar-refractivity contribution in [3.05, 3.63) is 16.0 Å². The van der Waals surface area contributed by atoms with Crippen LogP contribution in [0.4, 0.5) is 5.00 Å². The number of anilines is 1. The van der Waals surface area contributed by atoms with Crippen molar-refractivity contribution in [2.75, 3.05) is 18.3 Å². The third-order valence-electron chi connectivity index (χ3n) is 2.33. The maximum Gasteiger partial charge on any atom is 0.341 e. The number of thiophene rings is 1. The number of alkyl halides is 1. The molecular formula is C11H14ClNO3S. The van der Waals surface area contributed by atoms with Gasteiger partial charge < -0.3 is 10.1 Å². The normalized spacial score (nSPS) is 10.1.